The average Bonchev–Trinajstić information content (AvgIpc) is 2.91. The molecule has 2 aromatic rings. The van der Waals surface area contributed by atoms with E-state index >= 15 is 0 Å². The summed E-state index contributed by atoms with van der Waals surface area (Å²) < 4.78 is 0. The highest BCUT2D eigenvalue weighted by molar-refractivity contribution is 7.09. The number of carbonyl (C=O) groups excluding carboxylic acids is 1. The first kappa shape index (κ1) is 15.4. The number of hydrogen-bond acceptors (Lipinski definition) is 5. The number of nitrogen functional groups attached to an aromatic ring is 1. The number of anilines is 1. The molecule has 3 N–H and O–H groups in total. The highest BCUT2D eigenvalue weighted by Gasteiger charge is 2.17. The largest absolute Gasteiger partial charge is 0.396 e. The van der Waals surface area contributed by atoms with Crippen molar-refractivity contribution in [2.45, 2.75) is 39.2 Å². The lowest BCUT2D eigenvalue weighted by molar-refractivity contribution is 0.0935. The number of nitrogens with one attached hydrogen (secondary N) is 1. The van der Waals surface area contributed by atoms with Crippen LogP contribution in [-0.4, -0.2) is 21.9 Å². The van der Waals surface area contributed by atoms with Crippen LogP contribution in [0.5, 0.6) is 0 Å². The quantitative estimate of drug-likeness (QED) is 0.889. The molecule has 0 aliphatic heterocycles. The Morgan fingerprint density at radius 3 is 2.81 bits per heavy atom. The molecular weight excluding hydrogens is 284 g/mol. The van der Waals surface area contributed by atoms with Gasteiger partial charge in [-0.05, 0) is 18.4 Å². The number of nitrogens with zero attached hydrogens (tertiary/aromatic N) is 2. The Hall–Kier alpha value is -1.95. The van der Waals surface area contributed by atoms with Crippen LogP contribution in [0.3, 0.4) is 0 Å². The molecule has 0 saturated heterocycles. The summed E-state index contributed by atoms with van der Waals surface area (Å²) in [6.07, 6.45) is 2.30. The Morgan fingerprint density at radius 2 is 2.19 bits per heavy atom. The van der Waals surface area contributed by atoms with E-state index in [1.54, 1.807) is 11.3 Å². The molecule has 2 rings (SSSR count). The molecule has 1 atom stereocenters. The molecule has 1 unspecified atom stereocenters. The number of nitrogens with two attached hydrogens (primary N) is 1. The fourth-order valence-corrected chi connectivity index (χ4v) is 2.77. The summed E-state index contributed by atoms with van der Waals surface area (Å²) >= 11 is 1.68. The van der Waals surface area contributed by atoms with E-state index in [4.69, 9.17) is 5.73 Å². The van der Waals surface area contributed by atoms with Gasteiger partial charge in [0.05, 0.1) is 11.9 Å². The summed E-state index contributed by atoms with van der Waals surface area (Å²) in [6.45, 7) is 5.93. The Labute approximate surface area is 128 Å². The topological polar surface area (TPSA) is 80.9 Å². The Kier molecular flexibility index (Phi) is 4.90. The van der Waals surface area contributed by atoms with Crippen LogP contribution in [0.2, 0.25) is 0 Å². The smallest absolute Gasteiger partial charge is 0.272 e. The first-order chi connectivity index (χ1) is 9.97. The van der Waals surface area contributed by atoms with E-state index in [1.807, 2.05) is 32.2 Å². The number of thiophene rings is 1. The molecule has 0 aliphatic carbocycles. The fraction of sp³-hybridized carbons (Fsp3) is 0.400. The molecule has 0 saturated carbocycles. The van der Waals surface area contributed by atoms with Crippen molar-refractivity contribution >= 4 is 22.9 Å². The molecule has 5 nitrogen and oxygen atoms in total. The highest BCUT2D eigenvalue weighted by atomic mass is 32.1. The maximum Gasteiger partial charge on any atom is 0.272 e. The number of hydrogen-bond donors (Lipinski definition) is 2. The molecular formula is C15H20N4OS. The van der Waals surface area contributed by atoms with Gasteiger partial charge >= 0.3 is 0 Å². The monoisotopic (exact) mass is 304 g/mol. The summed E-state index contributed by atoms with van der Waals surface area (Å²) in [5.74, 6) is 0.529. The molecule has 0 radical (unpaired) electrons. The minimum atomic E-state index is -0.249. The highest BCUT2D eigenvalue weighted by Crippen LogP contribution is 2.15. The van der Waals surface area contributed by atoms with Crippen LogP contribution in [0.25, 0.3) is 0 Å². The van der Waals surface area contributed by atoms with Gasteiger partial charge in [0.15, 0.2) is 5.69 Å². The third kappa shape index (κ3) is 4.01. The van der Waals surface area contributed by atoms with Crippen molar-refractivity contribution in [3.63, 3.8) is 0 Å². The van der Waals surface area contributed by atoms with Crippen molar-refractivity contribution in [1.82, 2.24) is 15.3 Å². The van der Waals surface area contributed by atoms with E-state index in [1.165, 1.54) is 11.1 Å². The van der Waals surface area contributed by atoms with Gasteiger partial charge in [-0.1, -0.05) is 19.9 Å². The predicted octanol–water partition coefficient (Wildman–Crippen LogP) is 2.60. The molecule has 2 heterocycles. The molecule has 0 spiro atoms. The van der Waals surface area contributed by atoms with Crippen LogP contribution < -0.4 is 11.1 Å². The molecule has 21 heavy (non-hydrogen) atoms. The Bertz CT molecular complexity index is 610. The fourth-order valence-electron chi connectivity index (χ4n) is 1.94. The van der Waals surface area contributed by atoms with Crippen LogP contribution in [-0.2, 0) is 6.42 Å². The number of aromatic nitrogens is 2. The summed E-state index contributed by atoms with van der Waals surface area (Å²) in [7, 11) is 0. The van der Waals surface area contributed by atoms with Crippen molar-refractivity contribution in [1.29, 1.82) is 0 Å². The number of carbonyl (C=O) groups is 1. The van der Waals surface area contributed by atoms with Gasteiger partial charge in [-0.15, -0.1) is 11.3 Å². The third-order valence-electron chi connectivity index (χ3n) is 3.03. The van der Waals surface area contributed by atoms with Crippen LogP contribution >= 0.6 is 11.3 Å². The first-order valence-corrected chi connectivity index (χ1v) is 7.81. The summed E-state index contributed by atoms with van der Waals surface area (Å²) in [4.78, 5) is 22.0. The second kappa shape index (κ2) is 6.67. The van der Waals surface area contributed by atoms with Gasteiger partial charge in [-0.25, -0.2) is 9.97 Å². The van der Waals surface area contributed by atoms with Gasteiger partial charge < -0.3 is 11.1 Å². The normalized spacial score (nSPS) is 12.4. The van der Waals surface area contributed by atoms with Crippen molar-refractivity contribution < 1.29 is 4.79 Å². The standard InChI is InChI=1S/C15H20N4OS/c1-9(2)14-17-8-12(16)13(19-14)15(20)18-10(3)7-11-5-4-6-21-11/h4-6,8-10H,7,16H2,1-3H3,(H,18,20). The first-order valence-electron chi connectivity index (χ1n) is 6.93. The molecule has 1 amide bonds. The van der Waals surface area contributed by atoms with E-state index in [2.05, 4.69) is 21.4 Å². The van der Waals surface area contributed by atoms with Crippen molar-refractivity contribution in [3.05, 3.63) is 40.1 Å². The van der Waals surface area contributed by atoms with Crippen LogP contribution in [0.1, 0.15) is 47.9 Å². The van der Waals surface area contributed by atoms with E-state index in [-0.39, 0.29) is 23.6 Å². The minimum absolute atomic E-state index is 0.0213. The molecule has 0 aromatic carbocycles. The molecule has 6 heteroatoms. The van der Waals surface area contributed by atoms with Crippen molar-refractivity contribution in [2.24, 2.45) is 0 Å². The second-order valence-electron chi connectivity index (χ2n) is 5.34. The Morgan fingerprint density at radius 1 is 1.43 bits per heavy atom. The predicted molar refractivity (Wildman–Crippen MR) is 85.5 cm³/mol. The van der Waals surface area contributed by atoms with E-state index in [0.717, 1.165) is 6.42 Å². The third-order valence-corrected chi connectivity index (χ3v) is 3.93. The van der Waals surface area contributed by atoms with Gasteiger partial charge in [-0.3, -0.25) is 4.79 Å². The molecule has 0 bridgehead atoms. The zero-order chi connectivity index (χ0) is 15.4. The molecule has 0 fully saturated rings. The zero-order valence-electron chi connectivity index (χ0n) is 12.5. The van der Waals surface area contributed by atoms with Crippen LogP contribution in [0.4, 0.5) is 5.69 Å². The van der Waals surface area contributed by atoms with Gasteiger partial charge in [0.1, 0.15) is 5.82 Å². The molecule has 2 aromatic heterocycles. The summed E-state index contributed by atoms with van der Waals surface area (Å²) in [6, 6.07) is 4.09. The van der Waals surface area contributed by atoms with Gasteiger partial charge in [-0.2, -0.15) is 0 Å². The Balaban J connectivity index is 2.07. The maximum absolute atomic E-state index is 12.3. The number of amides is 1. The van der Waals surface area contributed by atoms with Gasteiger partial charge in [0.25, 0.3) is 5.91 Å². The van der Waals surface area contributed by atoms with Crippen LogP contribution in [0.15, 0.2) is 23.7 Å². The lowest BCUT2D eigenvalue weighted by Crippen LogP contribution is -2.35. The average molecular weight is 304 g/mol. The summed E-state index contributed by atoms with van der Waals surface area (Å²) in [5.41, 5.74) is 6.38. The zero-order valence-corrected chi connectivity index (χ0v) is 13.3. The summed E-state index contributed by atoms with van der Waals surface area (Å²) in [5, 5.41) is 4.97. The lowest BCUT2D eigenvalue weighted by Gasteiger charge is -2.14. The molecule has 0 aliphatic rings. The maximum atomic E-state index is 12.3. The van der Waals surface area contributed by atoms with E-state index in [0.29, 0.717) is 11.5 Å². The minimum Gasteiger partial charge on any atom is -0.396 e. The van der Waals surface area contributed by atoms with E-state index in [9.17, 15) is 4.79 Å². The van der Waals surface area contributed by atoms with E-state index < -0.39 is 0 Å². The van der Waals surface area contributed by atoms with Gasteiger partial charge in [0.2, 0.25) is 0 Å². The number of rotatable bonds is 5. The van der Waals surface area contributed by atoms with Crippen LogP contribution in [0, 0.1) is 0 Å². The SMILES string of the molecule is CC(Cc1cccs1)NC(=O)c1nc(C(C)C)ncc1N. The molecule has 112 valence electrons. The second-order valence-corrected chi connectivity index (χ2v) is 6.38. The van der Waals surface area contributed by atoms with Gasteiger partial charge in [0, 0.05) is 23.3 Å². The lowest BCUT2D eigenvalue weighted by atomic mass is 10.2. The van der Waals surface area contributed by atoms with Crippen molar-refractivity contribution in [2.75, 3.05) is 5.73 Å². The van der Waals surface area contributed by atoms with Crippen molar-refractivity contribution in [3.8, 4) is 0 Å².